The van der Waals surface area contributed by atoms with Crippen LogP contribution in [0.1, 0.15) is 46.0 Å². The first kappa shape index (κ1) is 14.5. The van der Waals surface area contributed by atoms with Crippen molar-refractivity contribution in [2.75, 3.05) is 0 Å². The Bertz CT molecular complexity index is 58.6. The van der Waals surface area contributed by atoms with Crippen molar-refractivity contribution >= 4 is 15.4 Å². The average molecular weight is 174 g/mol. The lowest BCUT2D eigenvalue weighted by Gasteiger charge is -1.90. The van der Waals surface area contributed by atoms with E-state index < -0.39 is 15.4 Å². The van der Waals surface area contributed by atoms with E-state index in [0.29, 0.717) is 0 Å². The maximum Gasteiger partial charge on any atom is 0.421 e. The van der Waals surface area contributed by atoms with Crippen LogP contribution < -0.4 is 0 Å². The van der Waals surface area contributed by atoms with Gasteiger partial charge < -0.3 is 14.6 Å². The van der Waals surface area contributed by atoms with Crippen molar-refractivity contribution in [3.63, 3.8) is 0 Å². The molecule has 0 aliphatic heterocycles. The predicted molar refractivity (Wildman–Crippen MR) is 54.3 cm³/mol. The summed E-state index contributed by atoms with van der Waals surface area (Å²) >= 11 is 0. The summed E-state index contributed by atoms with van der Waals surface area (Å²) in [4.78, 5) is 0. The van der Waals surface area contributed by atoms with Crippen LogP contribution in [0.3, 0.4) is 0 Å². The predicted octanol–water partition coefficient (Wildman–Crippen LogP) is 0.497. The highest BCUT2D eigenvalue weighted by atomic mass is 16.5. The van der Waals surface area contributed by atoms with Crippen LogP contribution in [0, 0.1) is 0 Å². The number of rotatable bonds is 6. The normalized spacial score (nSPS) is 8.33. The maximum absolute atomic E-state index is 7.68. The summed E-state index contributed by atoms with van der Waals surface area (Å²) in [6.45, 7) is 4.49. The van der Waals surface area contributed by atoms with Crippen molar-refractivity contribution in [2.45, 2.75) is 46.0 Å². The molecule has 0 spiro atoms. The van der Waals surface area contributed by atoms with Gasteiger partial charge in [0.2, 0.25) is 0 Å². The van der Waals surface area contributed by atoms with Gasteiger partial charge in [0.05, 0.1) is 0 Å². The molecule has 5 heteroatoms. The molecule has 72 valence electrons. The van der Waals surface area contributed by atoms with E-state index in [1.165, 1.54) is 32.1 Å². The van der Waals surface area contributed by atoms with Crippen LogP contribution in [0.15, 0.2) is 0 Å². The Morgan fingerprint density at radius 3 is 1.50 bits per heavy atom. The zero-order chi connectivity index (χ0) is 9.66. The molecule has 0 radical (unpaired) electrons. The lowest BCUT2D eigenvalue weighted by atomic mass is 10.2. The smallest absolute Gasteiger partial charge is 0.421 e. The molecule has 0 aromatic carbocycles. The van der Waals surface area contributed by atoms with E-state index >= 15 is 0 Å². The molecule has 0 saturated heterocycles. The largest absolute Gasteiger partial charge is 0.457 e. The lowest BCUT2D eigenvalue weighted by molar-refractivity contribution is 0.408. The van der Waals surface area contributed by atoms with Crippen LogP contribution in [-0.2, 0) is 4.57 Å². The molecule has 0 fully saturated rings. The molecule has 0 aromatic rings. The Labute approximate surface area is 76.8 Å². The number of hydrogen-bond acceptors (Lipinski definition) is 3. The Kier molecular flexibility index (Phi) is 20.8. The monoisotopic (exact) mass is 174 g/mol. The van der Waals surface area contributed by atoms with Crippen molar-refractivity contribution in [3.05, 3.63) is 0 Å². The van der Waals surface area contributed by atoms with Gasteiger partial charge in [-0.25, -0.2) is 0 Å². The fraction of sp³-hybridized carbons (Fsp3) is 1.00. The van der Waals surface area contributed by atoms with Gasteiger partial charge in [0.15, 0.2) is 0 Å². The van der Waals surface area contributed by atoms with Crippen LogP contribution in [-0.4, -0.2) is 25.4 Å². The summed E-state index contributed by atoms with van der Waals surface area (Å²) in [6, 6.07) is 0. The van der Waals surface area contributed by atoms with Gasteiger partial charge in [0, 0.05) is 0 Å². The average Bonchev–Trinajstić information content (AvgIpc) is 2.08. The van der Waals surface area contributed by atoms with Crippen LogP contribution >= 0.6 is 0 Å². The Hall–Kier alpha value is 0.00987. The minimum atomic E-state index is -0.406. The van der Waals surface area contributed by atoms with Crippen LogP contribution in [0.2, 0.25) is 0 Å². The molecule has 2 N–H and O–H groups in total. The van der Waals surface area contributed by atoms with E-state index in [4.69, 9.17) is 10.0 Å². The van der Waals surface area contributed by atoms with Gasteiger partial charge in [0.25, 0.3) is 0 Å². The second-order valence-corrected chi connectivity index (χ2v) is 2.52. The third kappa shape index (κ3) is 22.5. The van der Waals surface area contributed by atoms with Gasteiger partial charge in [0.1, 0.15) is 0 Å². The fourth-order valence-corrected chi connectivity index (χ4v) is 0.718. The van der Waals surface area contributed by atoms with Gasteiger partial charge in [-0.1, -0.05) is 46.0 Å². The van der Waals surface area contributed by atoms with Crippen molar-refractivity contribution in [3.8, 4) is 0 Å². The molecule has 0 heterocycles. The molecular formula is C7H20B2O3. The van der Waals surface area contributed by atoms with E-state index in [1.807, 2.05) is 0 Å². The van der Waals surface area contributed by atoms with Crippen LogP contribution in [0.25, 0.3) is 0 Å². The molecule has 0 atom stereocenters. The third-order valence-corrected chi connectivity index (χ3v) is 1.39. The molecule has 0 aliphatic carbocycles. The zero-order valence-electron chi connectivity index (χ0n) is 8.25. The van der Waals surface area contributed by atoms with Gasteiger partial charge in [-0.3, -0.25) is 0 Å². The standard InChI is InChI=1S/C7H16.B2H4O3/c1-3-5-7-6-4-2;3-1-5-2-4/h3-7H2,1-2H3;1-4H. The molecule has 3 nitrogen and oxygen atoms in total. The van der Waals surface area contributed by atoms with Gasteiger partial charge in [-0.2, -0.15) is 0 Å². The molecule has 0 bridgehead atoms. The summed E-state index contributed by atoms with van der Waals surface area (Å²) in [6.07, 6.45) is 7.01. The summed E-state index contributed by atoms with van der Waals surface area (Å²) < 4.78 is 3.94. The van der Waals surface area contributed by atoms with Gasteiger partial charge in [-0.15, -0.1) is 0 Å². The number of unbranched alkanes of at least 4 members (excludes halogenated alkanes) is 4. The maximum atomic E-state index is 7.68. The first-order valence-corrected chi connectivity index (χ1v) is 4.62. The van der Waals surface area contributed by atoms with Crippen LogP contribution in [0.5, 0.6) is 0 Å². The van der Waals surface area contributed by atoms with Crippen molar-refractivity contribution in [1.29, 1.82) is 0 Å². The molecule has 0 aromatic heterocycles. The van der Waals surface area contributed by atoms with Crippen molar-refractivity contribution < 1.29 is 14.6 Å². The lowest BCUT2D eigenvalue weighted by Crippen LogP contribution is -2.00. The van der Waals surface area contributed by atoms with E-state index in [-0.39, 0.29) is 0 Å². The Morgan fingerprint density at radius 1 is 0.917 bits per heavy atom. The van der Waals surface area contributed by atoms with Crippen molar-refractivity contribution in [1.82, 2.24) is 0 Å². The quantitative estimate of drug-likeness (QED) is 0.455. The Balaban J connectivity index is 0. The van der Waals surface area contributed by atoms with E-state index in [9.17, 15) is 0 Å². The van der Waals surface area contributed by atoms with Crippen LogP contribution in [0.4, 0.5) is 0 Å². The summed E-state index contributed by atoms with van der Waals surface area (Å²) in [5, 5.41) is 15.4. The molecule has 0 aliphatic rings. The first-order chi connectivity index (χ1) is 5.83. The Morgan fingerprint density at radius 2 is 1.33 bits per heavy atom. The summed E-state index contributed by atoms with van der Waals surface area (Å²) in [5.41, 5.74) is 0. The van der Waals surface area contributed by atoms with E-state index in [1.54, 1.807) is 0 Å². The molecule has 0 unspecified atom stereocenters. The van der Waals surface area contributed by atoms with E-state index in [0.717, 1.165) is 0 Å². The molecule has 0 amide bonds. The second-order valence-electron chi connectivity index (χ2n) is 2.52. The fourth-order valence-electron chi connectivity index (χ4n) is 0.718. The number of hydrogen-bond donors (Lipinski definition) is 2. The highest BCUT2D eigenvalue weighted by Crippen LogP contribution is 2.00. The van der Waals surface area contributed by atoms with Gasteiger partial charge in [-0.05, 0) is 0 Å². The molecule has 0 saturated carbocycles. The minimum Gasteiger partial charge on any atom is -0.457 e. The highest BCUT2D eigenvalue weighted by Gasteiger charge is 1.80. The highest BCUT2D eigenvalue weighted by molar-refractivity contribution is 6.32. The van der Waals surface area contributed by atoms with E-state index in [2.05, 4.69) is 18.4 Å². The summed E-state index contributed by atoms with van der Waals surface area (Å²) in [7, 11) is -0.812. The van der Waals surface area contributed by atoms with Gasteiger partial charge >= 0.3 is 15.4 Å². The second kappa shape index (κ2) is 17.2. The summed E-state index contributed by atoms with van der Waals surface area (Å²) in [5.74, 6) is 0. The van der Waals surface area contributed by atoms with Crippen molar-refractivity contribution in [2.24, 2.45) is 0 Å². The first-order valence-electron chi connectivity index (χ1n) is 4.62. The SMILES string of the molecule is CCCCCCC.OBOBO. The molecule has 12 heavy (non-hydrogen) atoms. The topological polar surface area (TPSA) is 49.7 Å². The molecule has 0 rings (SSSR count). The third-order valence-electron chi connectivity index (χ3n) is 1.39. The zero-order valence-corrected chi connectivity index (χ0v) is 8.25. The molecular weight excluding hydrogens is 154 g/mol. The minimum absolute atomic E-state index is 0.406.